The van der Waals surface area contributed by atoms with Crippen molar-refractivity contribution in [3.05, 3.63) is 11.9 Å². The van der Waals surface area contributed by atoms with Gasteiger partial charge in [-0.25, -0.2) is 0 Å². The van der Waals surface area contributed by atoms with Crippen molar-refractivity contribution in [3.8, 4) is 0 Å². The molecule has 1 heterocycles. The van der Waals surface area contributed by atoms with E-state index in [0.29, 0.717) is 11.4 Å². The Morgan fingerprint density at radius 2 is 2.47 bits per heavy atom. The highest BCUT2D eigenvalue weighted by molar-refractivity contribution is 5.97. The SMILES string of the molecule is COC1CC(NC(=O)c2[nH]ncc2N)C1. The molecule has 1 aromatic heterocycles. The first-order chi connectivity index (χ1) is 7.20. The highest BCUT2D eigenvalue weighted by Crippen LogP contribution is 2.22. The Hall–Kier alpha value is -1.56. The monoisotopic (exact) mass is 210 g/mol. The molecule has 4 N–H and O–H groups in total. The van der Waals surface area contributed by atoms with E-state index in [4.69, 9.17) is 10.5 Å². The smallest absolute Gasteiger partial charge is 0.271 e. The van der Waals surface area contributed by atoms with Gasteiger partial charge < -0.3 is 15.8 Å². The number of carbonyl (C=O) groups excluding carboxylic acids is 1. The lowest BCUT2D eigenvalue weighted by molar-refractivity contribution is 0.0175. The summed E-state index contributed by atoms with van der Waals surface area (Å²) in [5, 5.41) is 9.11. The van der Waals surface area contributed by atoms with Gasteiger partial charge in [-0.05, 0) is 12.8 Å². The Bertz CT molecular complexity index is 357. The largest absolute Gasteiger partial charge is 0.396 e. The second-order valence-electron chi connectivity index (χ2n) is 3.70. The van der Waals surface area contributed by atoms with Crippen LogP contribution in [0.15, 0.2) is 6.20 Å². The lowest BCUT2D eigenvalue weighted by Crippen LogP contribution is -2.47. The molecule has 6 heteroatoms. The summed E-state index contributed by atoms with van der Waals surface area (Å²) in [6, 6.07) is 0.185. The standard InChI is InChI=1S/C9H14N4O2/c1-15-6-2-5(3-6)12-9(14)8-7(10)4-11-13-8/h4-6H,2-3,10H2,1H3,(H,11,13)(H,12,14). The third-order valence-electron chi connectivity index (χ3n) is 2.66. The predicted molar refractivity (Wildman–Crippen MR) is 54.3 cm³/mol. The molecule has 2 rings (SSSR count). The van der Waals surface area contributed by atoms with E-state index < -0.39 is 0 Å². The molecule has 0 aromatic carbocycles. The van der Waals surface area contributed by atoms with Crippen LogP contribution in [0.5, 0.6) is 0 Å². The maximum absolute atomic E-state index is 11.6. The highest BCUT2D eigenvalue weighted by atomic mass is 16.5. The quantitative estimate of drug-likeness (QED) is 0.649. The Kier molecular flexibility index (Phi) is 2.59. The van der Waals surface area contributed by atoms with Gasteiger partial charge >= 0.3 is 0 Å². The number of hydrogen-bond acceptors (Lipinski definition) is 4. The van der Waals surface area contributed by atoms with E-state index in [9.17, 15) is 4.79 Å². The average Bonchev–Trinajstić information content (AvgIpc) is 2.56. The Labute approximate surface area is 87.2 Å². The average molecular weight is 210 g/mol. The Morgan fingerprint density at radius 1 is 1.73 bits per heavy atom. The fourth-order valence-corrected chi connectivity index (χ4v) is 1.61. The summed E-state index contributed by atoms with van der Waals surface area (Å²) < 4.78 is 5.12. The van der Waals surface area contributed by atoms with Gasteiger partial charge in [0, 0.05) is 13.2 Å². The molecule has 1 aliphatic rings. The molecular weight excluding hydrogens is 196 g/mol. The van der Waals surface area contributed by atoms with Gasteiger partial charge in [0.05, 0.1) is 18.0 Å². The number of rotatable bonds is 3. The third kappa shape index (κ3) is 1.94. The molecule has 0 unspecified atom stereocenters. The van der Waals surface area contributed by atoms with Crippen LogP contribution in [0.1, 0.15) is 23.3 Å². The summed E-state index contributed by atoms with van der Waals surface area (Å²) in [6.45, 7) is 0. The normalized spacial score (nSPS) is 24.6. The maximum Gasteiger partial charge on any atom is 0.271 e. The zero-order valence-corrected chi connectivity index (χ0v) is 8.49. The maximum atomic E-state index is 11.6. The molecule has 0 atom stereocenters. The molecule has 0 saturated heterocycles. The van der Waals surface area contributed by atoms with Crippen molar-refractivity contribution >= 4 is 11.6 Å². The van der Waals surface area contributed by atoms with Crippen LogP contribution in [-0.2, 0) is 4.74 Å². The molecule has 0 bridgehead atoms. The molecule has 1 aromatic rings. The van der Waals surface area contributed by atoms with Crippen LogP contribution in [0.2, 0.25) is 0 Å². The molecule has 6 nitrogen and oxygen atoms in total. The van der Waals surface area contributed by atoms with Gasteiger partial charge in [-0.15, -0.1) is 0 Å². The van der Waals surface area contributed by atoms with Crippen molar-refractivity contribution < 1.29 is 9.53 Å². The van der Waals surface area contributed by atoms with E-state index >= 15 is 0 Å². The number of amides is 1. The minimum Gasteiger partial charge on any atom is -0.396 e. The third-order valence-corrected chi connectivity index (χ3v) is 2.66. The van der Waals surface area contributed by atoms with E-state index in [1.807, 2.05) is 0 Å². The van der Waals surface area contributed by atoms with Crippen LogP contribution in [0.3, 0.4) is 0 Å². The van der Waals surface area contributed by atoms with Crippen LogP contribution < -0.4 is 11.1 Å². The fourth-order valence-electron chi connectivity index (χ4n) is 1.61. The number of nitrogens with two attached hydrogens (primary N) is 1. The van der Waals surface area contributed by atoms with Gasteiger partial charge in [0.25, 0.3) is 5.91 Å². The second-order valence-corrected chi connectivity index (χ2v) is 3.70. The molecule has 1 aliphatic carbocycles. The van der Waals surface area contributed by atoms with E-state index in [1.54, 1.807) is 7.11 Å². The van der Waals surface area contributed by atoms with Crippen molar-refractivity contribution in [3.63, 3.8) is 0 Å². The summed E-state index contributed by atoms with van der Waals surface area (Å²) >= 11 is 0. The molecular formula is C9H14N4O2. The number of H-pyrrole nitrogens is 1. The topological polar surface area (TPSA) is 93.0 Å². The number of carbonyl (C=O) groups is 1. The number of anilines is 1. The van der Waals surface area contributed by atoms with Crippen LogP contribution in [0.25, 0.3) is 0 Å². The summed E-state index contributed by atoms with van der Waals surface area (Å²) in [4.78, 5) is 11.6. The fraction of sp³-hybridized carbons (Fsp3) is 0.556. The first kappa shape index (κ1) is 9.97. The number of nitrogens with zero attached hydrogens (tertiary/aromatic N) is 1. The molecule has 1 amide bonds. The minimum absolute atomic E-state index is 0.185. The van der Waals surface area contributed by atoms with E-state index in [1.165, 1.54) is 6.20 Å². The van der Waals surface area contributed by atoms with Crippen LogP contribution in [0, 0.1) is 0 Å². The number of aromatic amines is 1. The van der Waals surface area contributed by atoms with E-state index in [-0.39, 0.29) is 18.1 Å². The summed E-state index contributed by atoms with van der Waals surface area (Å²) in [5.74, 6) is -0.204. The minimum atomic E-state index is -0.204. The van der Waals surface area contributed by atoms with Crippen molar-refractivity contribution in [2.45, 2.75) is 25.0 Å². The van der Waals surface area contributed by atoms with Gasteiger partial charge in [-0.1, -0.05) is 0 Å². The second kappa shape index (κ2) is 3.90. The highest BCUT2D eigenvalue weighted by Gasteiger charge is 2.30. The van der Waals surface area contributed by atoms with Crippen molar-refractivity contribution in [1.82, 2.24) is 15.5 Å². The lowest BCUT2D eigenvalue weighted by Gasteiger charge is -2.34. The van der Waals surface area contributed by atoms with Crippen molar-refractivity contribution in [2.24, 2.45) is 0 Å². The number of ether oxygens (including phenoxy) is 1. The molecule has 15 heavy (non-hydrogen) atoms. The van der Waals surface area contributed by atoms with Crippen molar-refractivity contribution in [1.29, 1.82) is 0 Å². The van der Waals surface area contributed by atoms with Crippen LogP contribution in [0.4, 0.5) is 5.69 Å². The van der Waals surface area contributed by atoms with Gasteiger partial charge in [0.1, 0.15) is 5.69 Å². The first-order valence-electron chi connectivity index (χ1n) is 4.83. The van der Waals surface area contributed by atoms with E-state index in [2.05, 4.69) is 15.5 Å². The molecule has 0 aliphatic heterocycles. The zero-order chi connectivity index (χ0) is 10.8. The van der Waals surface area contributed by atoms with Crippen LogP contribution in [-0.4, -0.2) is 35.4 Å². The molecule has 1 saturated carbocycles. The summed E-state index contributed by atoms with van der Waals surface area (Å²) in [5.41, 5.74) is 6.25. The number of methoxy groups -OCH3 is 1. The van der Waals surface area contributed by atoms with Gasteiger partial charge in [-0.3, -0.25) is 9.89 Å². The van der Waals surface area contributed by atoms with Gasteiger partial charge in [0.15, 0.2) is 0 Å². The molecule has 0 radical (unpaired) electrons. The lowest BCUT2D eigenvalue weighted by atomic mass is 9.89. The molecule has 1 fully saturated rings. The molecule has 0 spiro atoms. The first-order valence-corrected chi connectivity index (χ1v) is 4.83. The number of hydrogen-bond donors (Lipinski definition) is 3. The number of nitrogen functional groups attached to an aromatic ring is 1. The van der Waals surface area contributed by atoms with E-state index in [0.717, 1.165) is 12.8 Å². The van der Waals surface area contributed by atoms with Gasteiger partial charge in [-0.2, -0.15) is 5.10 Å². The summed E-state index contributed by atoms with van der Waals surface area (Å²) in [6.07, 6.45) is 3.41. The predicted octanol–water partition coefficient (Wildman–Crippen LogP) is -0.101. The summed E-state index contributed by atoms with van der Waals surface area (Å²) in [7, 11) is 1.68. The molecule has 82 valence electrons. The van der Waals surface area contributed by atoms with Gasteiger partial charge in [0.2, 0.25) is 0 Å². The van der Waals surface area contributed by atoms with Crippen LogP contribution >= 0.6 is 0 Å². The number of aromatic nitrogens is 2. The Morgan fingerprint density at radius 3 is 3.00 bits per heavy atom. The Balaban J connectivity index is 1.87. The van der Waals surface area contributed by atoms with Crippen molar-refractivity contribution in [2.75, 3.05) is 12.8 Å². The zero-order valence-electron chi connectivity index (χ0n) is 8.49. The number of nitrogens with one attached hydrogen (secondary N) is 2.